The predicted octanol–water partition coefficient (Wildman–Crippen LogP) is 2.42. The molecular weight excluding hydrogens is 134 g/mol. The molecule has 0 spiro atoms. The van der Waals surface area contributed by atoms with Crippen molar-refractivity contribution in [3.63, 3.8) is 0 Å². The quantitative estimate of drug-likeness (QED) is 0.645. The van der Waals surface area contributed by atoms with Crippen molar-refractivity contribution in [1.82, 2.24) is 5.32 Å². The largest absolute Gasteiger partial charge is 0.314 e. The molecule has 0 heterocycles. The van der Waals surface area contributed by atoms with Crippen molar-refractivity contribution < 1.29 is 0 Å². The van der Waals surface area contributed by atoms with Gasteiger partial charge in [-0.1, -0.05) is 33.6 Å². The molecule has 0 aromatic rings. The van der Waals surface area contributed by atoms with Crippen LogP contribution in [0.25, 0.3) is 0 Å². The first-order chi connectivity index (χ1) is 5.25. The topological polar surface area (TPSA) is 12.0 Å². The monoisotopic (exact) mass is 155 g/mol. The van der Waals surface area contributed by atoms with Crippen molar-refractivity contribution in [2.75, 3.05) is 6.54 Å². The van der Waals surface area contributed by atoms with E-state index in [1.165, 1.54) is 19.3 Å². The van der Waals surface area contributed by atoms with E-state index in [9.17, 15) is 0 Å². The minimum atomic E-state index is 0.795. The fourth-order valence-corrected chi connectivity index (χ4v) is 2.13. The van der Waals surface area contributed by atoms with Gasteiger partial charge in [0.15, 0.2) is 0 Å². The summed E-state index contributed by atoms with van der Waals surface area (Å²) in [5.41, 5.74) is 0. The van der Waals surface area contributed by atoms with Crippen LogP contribution in [0.1, 0.15) is 40.0 Å². The number of hydrogen-bond acceptors (Lipinski definition) is 1. The van der Waals surface area contributed by atoms with Crippen LogP contribution in [0.15, 0.2) is 0 Å². The van der Waals surface area contributed by atoms with Gasteiger partial charge in [0, 0.05) is 6.04 Å². The SMILES string of the molecule is CCN[C@@H]1CCC[C@H](C)[C@H]1C. The lowest BCUT2D eigenvalue weighted by atomic mass is 9.78. The zero-order valence-electron chi connectivity index (χ0n) is 8.06. The molecule has 0 aromatic carbocycles. The first kappa shape index (κ1) is 9.05. The molecule has 0 aromatic heterocycles. The van der Waals surface area contributed by atoms with E-state index in [2.05, 4.69) is 26.1 Å². The maximum Gasteiger partial charge on any atom is 0.00951 e. The van der Waals surface area contributed by atoms with Crippen molar-refractivity contribution in [3.8, 4) is 0 Å². The highest BCUT2D eigenvalue weighted by Crippen LogP contribution is 2.29. The van der Waals surface area contributed by atoms with Gasteiger partial charge in [0.25, 0.3) is 0 Å². The minimum Gasteiger partial charge on any atom is -0.314 e. The van der Waals surface area contributed by atoms with E-state index in [1.807, 2.05) is 0 Å². The summed E-state index contributed by atoms with van der Waals surface area (Å²) >= 11 is 0. The maximum absolute atomic E-state index is 3.56. The summed E-state index contributed by atoms with van der Waals surface area (Å²) in [7, 11) is 0. The molecule has 0 radical (unpaired) electrons. The molecule has 1 fully saturated rings. The van der Waals surface area contributed by atoms with E-state index in [1.54, 1.807) is 0 Å². The molecule has 0 amide bonds. The summed E-state index contributed by atoms with van der Waals surface area (Å²) in [5, 5.41) is 3.56. The molecule has 1 nitrogen and oxygen atoms in total. The molecule has 0 unspecified atom stereocenters. The lowest BCUT2D eigenvalue weighted by molar-refractivity contribution is 0.209. The van der Waals surface area contributed by atoms with Gasteiger partial charge in [-0.05, 0) is 24.8 Å². The fourth-order valence-electron chi connectivity index (χ4n) is 2.13. The Morgan fingerprint density at radius 3 is 2.64 bits per heavy atom. The zero-order chi connectivity index (χ0) is 8.27. The maximum atomic E-state index is 3.56. The third-order valence-electron chi connectivity index (χ3n) is 3.17. The van der Waals surface area contributed by atoms with Crippen molar-refractivity contribution in [1.29, 1.82) is 0 Å². The van der Waals surface area contributed by atoms with E-state index in [-0.39, 0.29) is 0 Å². The van der Waals surface area contributed by atoms with Gasteiger partial charge in [0.05, 0.1) is 0 Å². The smallest absolute Gasteiger partial charge is 0.00951 e. The van der Waals surface area contributed by atoms with Gasteiger partial charge in [0.2, 0.25) is 0 Å². The molecule has 1 saturated carbocycles. The van der Waals surface area contributed by atoms with Crippen LogP contribution in [-0.2, 0) is 0 Å². The Hall–Kier alpha value is -0.0400. The van der Waals surface area contributed by atoms with Crippen molar-refractivity contribution in [2.24, 2.45) is 11.8 Å². The second kappa shape index (κ2) is 4.10. The third-order valence-corrected chi connectivity index (χ3v) is 3.17. The second-order valence-corrected chi connectivity index (χ2v) is 3.93. The fraction of sp³-hybridized carbons (Fsp3) is 1.00. The molecule has 1 N–H and O–H groups in total. The lowest BCUT2D eigenvalue weighted by Gasteiger charge is -2.34. The van der Waals surface area contributed by atoms with Gasteiger partial charge >= 0.3 is 0 Å². The van der Waals surface area contributed by atoms with Gasteiger partial charge in [0.1, 0.15) is 0 Å². The molecule has 0 saturated heterocycles. The van der Waals surface area contributed by atoms with Gasteiger partial charge in [-0.2, -0.15) is 0 Å². The van der Waals surface area contributed by atoms with Crippen LogP contribution in [-0.4, -0.2) is 12.6 Å². The first-order valence-electron chi connectivity index (χ1n) is 4.99. The Morgan fingerprint density at radius 1 is 1.27 bits per heavy atom. The average molecular weight is 155 g/mol. The standard InChI is InChI=1S/C10H21N/c1-4-11-10-7-5-6-8(2)9(10)3/h8-11H,4-7H2,1-3H3/t8-,9+,10+/m0/s1. The van der Waals surface area contributed by atoms with Crippen LogP contribution in [0.3, 0.4) is 0 Å². The van der Waals surface area contributed by atoms with Crippen LogP contribution >= 0.6 is 0 Å². The highest BCUT2D eigenvalue weighted by molar-refractivity contribution is 4.81. The van der Waals surface area contributed by atoms with Crippen LogP contribution in [0.4, 0.5) is 0 Å². The van der Waals surface area contributed by atoms with E-state index >= 15 is 0 Å². The highest BCUT2D eigenvalue weighted by atomic mass is 14.9. The molecule has 66 valence electrons. The Balaban J connectivity index is 2.38. The minimum absolute atomic E-state index is 0.795. The third kappa shape index (κ3) is 2.19. The number of hydrogen-bond donors (Lipinski definition) is 1. The molecule has 0 aliphatic heterocycles. The van der Waals surface area contributed by atoms with Gasteiger partial charge in [-0.3, -0.25) is 0 Å². The molecule has 1 aliphatic carbocycles. The summed E-state index contributed by atoms with van der Waals surface area (Å²) in [6, 6.07) is 0.795. The molecule has 1 aliphatic rings. The Morgan fingerprint density at radius 2 is 2.00 bits per heavy atom. The van der Waals surface area contributed by atoms with E-state index in [0.717, 1.165) is 24.4 Å². The van der Waals surface area contributed by atoms with E-state index < -0.39 is 0 Å². The van der Waals surface area contributed by atoms with Crippen LogP contribution in [0.2, 0.25) is 0 Å². The van der Waals surface area contributed by atoms with Crippen molar-refractivity contribution in [3.05, 3.63) is 0 Å². The highest BCUT2D eigenvalue weighted by Gasteiger charge is 2.25. The Labute approximate surface area is 70.6 Å². The second-order valence-electron chi connectivity index (χ2n) is 3.93. The summed E-state index contributed by atoms with van der Waals surface area (Å²) in [6.07, 6.45) is 4.24. The van der Waals surface area contributed by atoms with Gasteiger partial charge in [-0.25, -0.2) is 0 Å². The predicted molar refractivity (Wildman–Crippen MR) is 49.6 cm³/mol. The Bertz CT molecular complexity index is 109. The first-order valence-corrected chi connectivity index (χ1v) is 4.99. The number of nitrogens with one attached hydrogen (secondary N) is 1. The summed E-state index contributed by atoms with van der Waals surface area (Å²) < 4.78 is 0. The molecule has 3 atom stereocenters. The number of rotatable bonds is 2. The molecule has 0 bridgehead atoms. The Kier molecular flexibility index (Phi) is 3.38. The van der Waals surface area contributed by atoms with Crippen LogP contribution in [0, 0.1) is 11.8 Å². The van der Waals surface area contributed by atoms with Crippen LogP contribution in [0.5, 0.6) is 0 Å². The summed E-state index contributed by atoms with van der Waals surface area (Å²) in [5.74, 6) is 1.80. The molecule has 11 heavy (non-hydrogen) atoms. The summed E-state index contributed by atoms with van der Waals surface area (Å²) in [4.78, 5) is 0. The van der Waals surface area contributed by atoms with Crippen LogP contribution < -0.4 is 5.32 Å². The molecular formula is C10H21N. The summed E-state index contributed by atoms with van der Waals surface area (Å²) in [6.45, 7) is 8.10. The van der Waals surface area contributed by atoms with E-state index in [0.29, 0.717) is 0 Å². The van der Waals surface area contributed by atoms with Crippen molar-refractivity contribution >= 4 is 0 Å². The zero-order valence-corrected chi connectivity index (χ0v) is 8.06. The normalized spacial score (nSPS) is 39.0. The average Bonchev–Trinajstić information content (AvgIpc) is 1.99. The van der Waals surface area contributed by atoms with Crippen molar-refractivity contribution in [2.45, 2.75) is 46.1 Å². The molecule has 1 rings (SSSR count). The molecule has 1 heteroatoms. The van der Waals surface area contributed by atoms with Gasteiger partial charge < -0.3 is 5.32 Å². The van der Waals surface area contributed by atoms with Gasteiger partial charge in [-0.15, -0.1) is 0 Å². The van der Waals surface area contributed by atoms with E-state index in [4.69, 9.17) is 0 Å². The lowest BCUT2D eigenvalue weighted by Crippen LogP contribution is -2.40.